The van der Waals surface area contributed by atoms with Crippen molar-refractivity contribution in [3.05, 3.63) is 42.0 Å². The molecule has 16 heavy (non-hydrogen) atoms. The van der Waals surface area contributed by atoms with E-state index in [2.05, 4.69) is 13.5 Å². The first-order chi connectivity index (χ1) is 7.63. The lowest BCUT2D eigenvalue weighted by molar-refractivity contribution is 0.178. The highest BCUT2D eigenvalue weighted by Crippen LogP contribution is 2.23. The van der Waals surface area contributed by atoms with Gasteiger partial charge in [-0.25, -0.2) is 0 Å². The first kappa shape index (κ1) is 12.8. The van der Waals surface area contributed by atoms with E-state index < -0.39 is 6.10 Å². The first-order valence-electron chi connectivity index (χ1n) is 5.68. The Kier molecular flexibility index (Phi) is 5.06. The zero-order valence-electron chi connectivity index (χ0n) is 10.1. The summed E-state index contributed by atoms with van der Waals surface area (Å²) in [4.78, 5) is 0. The van der Waals surface area contributed by atoms with Crippen molar-refractivity contribution in [2.45, 2.75) is 32.8 Å². The molecule has 1 atom stereocenters. The summed E-state index contributed by atoms with van der Waals surface area (Å²) in [5.74, 6) is 0.820. The maximum atomic E-state index is 9.92. The van der Waals surface area contributed by atoms with Crippen LogP contribution in [-0.4, -0.2) is 11.7 Å². The van der Waals surface area contributed by atoms with Crippen LogP contribution in [0.5, 0.6) is 5.75 Å². The molecular weight excluding hydrogens is 200 g/mol. The van der Waals surface area contributed by atoms with Crippen LogP contribution in [-0.2, 0) is 0 Å². The Morgan fingerprint density at radius 1 is 1.50 bits per heavy atom. The predicted octanol–water partition coefficient (Wildman–Crippen LogP) is 3.48. The van der Waals surface area contributed by atoms with Gasteiger partial charge < -0.3 is 9.84 Å². The Bertz CT molecular complexity index is 344. The molecule has 1 N–H and O–H groups in total. The molecule has 88 valence electrons. The first-order valence-corrected chi connectivity index (χ1v) is 5.68. The highest BCUT2D eigenvalue weighted by molar-refractivity contribution is 5.30. The minimum absolute atomic E-state index is 0.484. The average Bonchev–Trinajstić information content (AvgIpc) is 2.26. The normalized spacial score (nSPS) is 12.2. The van der Waals surface area contributed by atoms with Crippen LogP contribution in [0.15, 0.2) is 36.4 Å². The van der Waals surface area contributed by atoms with Crippen molar-refractivity contribution >= 4 is 0 Å². The average molecular weight is 220 g/mol. The standard InChI is InChI=1S/C14H20O2/c1-4-8-16-13-7-5-6-12(10-13)14(15)9-11(2)3/h5-7,10,14-15H,2,4,8-9H2,1,3H3. The fourth-order valence-corrected chi connectivity index (χ4v) is 1.48. The van der Waals surface area contributed by atoms with Crippen LogP contribution in [0.3, 0.4) is 0 Å². The van der Waals surface area contributed by atoms with Gasteiger partial charge in [0, 0.05) is 0 Å². The molecule has 0 aliphatic rings. The number of hydrogen-bond acceptors (Lipinski definition) is 2. The second kappa shape index (κ2) is 6.33. The van der Waals surface area contributed by atoms with Crippen molar-refractivity contribution < 1.29 is 9.84 Å². The van der Waals surface area contributed by atoms with Crippen LogP contribution in [0.4, 0.5) is 0 Å². The third-order valence-corrected chi connectivity index (χ3v) is 2.26. The minimum Gasteiger partial charge on any atom is -0.494 e. The molecule has 0 saturated carbocycles. The van der Waals surface area contributed by atoms with Crippen LogP contribution in [0.1, 0.15) is 38.4 Å². The Balaban J connectivity index is 2.69. The van der Waals surface area contributed by atoms with Gasteiger partial charge in [-0.2, -0.15) is 0 Å². The molecule has 2 nitrogen and oxygen atoms in total. The van der Waals surface area contributed by atoms with Gasteiger partial charge in [-0.05, 0) is 37.5 Å². The summed E-state index contributed by atoms with van der Waals surface area (Å²) in [6.45, 7) is 8.50. The highest BCUT2D eigenvalue weighted by atomic mass is 16.5. The molecule has 0 aliphatic carbocycles. The van der Waals surface area contributed by atoms with E-state index in [0.717, 1.165) is 23.3 Å². The summed E-state index contributed by atoms with van der Waals surface area (Å²) in [6, 6.07) is 7.62. The van der Waals surface area contributed by atoms with E-state index >= 15 is 0 Å². The van der Waals surface area contributed by atoms with E-state index in [-0.39, 0.29) is 0 Å². The van der Waals surface area contributed by atoms with Gasteiger partial charge in [-0.15, -0.1) is 6.58 Å². The summed E-state index contributed by atoms with van der Waals surface area (Å²) in [6.07, 6.45) is 1.10. The molecule has 0 spiro atoms. The maximum absolute atomic E-state index is 9.92. The molecule has 1 rings (SSSR count). The molecule has 1 aromatic rings. The summed E-state index contributed by atoms with van der Waals surface area (Å²) < 4.78 is 5.52. The van der Waals surface area contributed by atoms with Crippen LogP contribution in [0, 0.1) is 0 Å². The minimum atomic E-state index is -0.484. The number of benzene rings is 1. The quantitative estimate of drug-likeness (QED) is 0.744. The fraction of sp³-hybridized carbons (Fsp3) is 0.429. The Labute approximate surface area is 97.6 Å². The molecule has 0 saturated heterocycles. The molecule has 1 aromatic carbocycles. The fourth-order valence-electron chi connectivity index (χ4n) is 1.48. The number of ether oxygens (including phenoxy) is 1. The van der Waals surface area contributed by atoms with Gasteiger partial charge >= 0.3 is 0 Å². The van der Waals surface area contributed by atoms with Gasteiger partial charge in [-0.1, -0.05) is 24.6 Å². The molecule has 0 radical (unpaired) electrons. The van der Waals surface area contributed by atoms with Crippen LogP contribution >= 0.6 is 0 Å². The monoisotopic (exact) mass is 220 g/mol. The number of rotatable bonds is 6. The number of hydrogen-bond donors (Lipinski definition) is 1. The molecular formula is C14H20O2. The summed E-state index contributed by atoms with van der Waals surface area (Å²) in [7, 11) is 0. The van der Waals surface area contributed by atoms with E-state index in [9.17, 15) is 5.11 Å². The Morgan fingerprint density at radius 3 is 2.88 bits per heavy atom. The van der Waals surface area contributed by atoms with Gasteiger partial charge in [0.25, 0.3) is 0 Å². The van der Waals surface area contributed by atoms with Crippen LogP contribution < -0.4 is 4.74 Å². The summed E-state index contributed by atoms with van der Waals surface area (Å²) >= 11 is 0. The SMILES string of the molecule is C=C(C)CC(O)c1cccc(OCCC)c1. The second-order valence-corrected chi connectivity index (χ2v) is 4.10. The van der Waals surface area contributed by atoms with E-state index in [4.69, 9.17) is 4.74 Å². The topological polar surface area (TPSA) is 29.5 Å². The van der Waals surface area contributed by atoms with E-state index in [0.29, 0.717) is 13.0 Å². The highest BCUT2D eigenvalue weighted by Gasteiger charge is 2.08. The second-order valence-electron chi connectivity index (χ2n) is 4.10. The Morgan fingerprint density at radius 2 is 2.25 bits per heavy atom. The smallest absolute Gasteiger partial charge is 0.119 e. The van der Waals surface area contributed by atoms with Crippen molar-refractivity contribution in [1.29, 1.82) is 0 Å². The van der Waals surface area contributed by atoms with Crippen LogP contribution in [0.2, 0.25) is 0 Å². The van der Waals surface area contributed by atoms with E-state index in [1.54, 1.807) is 0 Å². The third kappa shape index (κ3) is 4.07. The zero-order chi connectivity index (χ0) is 12.0. The van der Waals surface area contributed by atoms with Crippen molar-refractivity contribution in [3.63, 3.8) is 0 Å². The Hall–Kier alpha value is -1.28. The molecule has 0 fully saturated rings. The molecule has 0 aliphatic heterocycles. The third-order valence-electron chi connectivity index (χ3n) is 2.26. The lowest BCUT2D eigenvalue weighted by Crippen LogP contribution is -2.00. The zero-order valence-corrected chi connectivity index (χ0v) is 10.1. The van der Waals surface area contributed by atoms with Crippen molar-refractivity contribution in [2.24, 2.45) is 0 Å². The van der Waals surface area contributed by atoms with Crippen LogP contribution in [0.25, 0.3) is 0 Å². The maximum Gasteiger partial charge on any atom is 0.119 e. The van der Waals surface area contributed by atoms with Gasteiger partial charge in [0.2, 0.25) is 0 Å². The molecule has 2 heteroatoms. The van der Waals surface area contributed by atoms with E-state index in [1.807, 2.05) is 31.2 Å². The summed E-state index contributed by atoms with van der Waals surface area (Å²) in [5.41, 5.74) is 1.86. The largest absolute Gasteiger partial charge is 0.494 e. The van der Waals surface area contributed by atoms with Gasteiger partial charge in [0.1, 0.15) is 5.75 Å². The van der Waals surface area contributed by atoms with Gasteiger partial charge in [0.05, 0.1) is 12.7 Å². The lowest BCUT2D eigenvalue weighted by atomic mass is 10.0. The van der Waals surface area contributed by atoms with E-state index in [1.165, 1.54) is 0 Å². The number of aliphatic hydroxyl groups excluding tert-OH is 1. The van der Waals surface area contributed by atoms with Crippen molar-refractivity contribution in [1.82, 2.24) is 0 Å². The van der Waals surface area contributed by atoms with Crippen molar-refractivity contribution in [3.8, 4) is 5.75 Å². The predicted molar refractivity (Wildman–Crippen MR) is 66.6 cm³/mol. The molecule has 0 bridgehead atoms. The molecule has 1 unspecified atom stereocenters. The lowest BCUT2D eigenvalue weighted by Gasteiger charge is -2.12. The van der Waals surface area contributed by atoms with Gasteiger partial charge in [0.15, 0.2) is 0 Å². The molecule has 0 aromatic heterocycles. The number of aliphatic hydroxyl groups is 1. The molecule has 0 amide bonds. The summed E-state index contributed by atoms with van der Waals surface area (Å²) in [5, 5.41) is 9.92. The van der Waals surface area contributed by atoms with Crippen molar-refractivity contribution in [2.75, 3.05) is 6.61 Å². The van der Waals surface area contributed by atoms with Gasteiger partial charge in [-0.3, -0.25) is 0 Å². The molecule has 0 heterocycles.